The summed E-state index contributed by atoms with van der Waals surface area (Å²) in [5.74, 6) is 0.227. The molecule has 2 heterocycles. The average Bonchev–Trinajstić information content (AvgIpc) is 2.86. The molecule has 4 heteroatoms. The molecule has 0 bridgehead atoms. The highest BCUT2D eigenvalue weighted by molar-refractivity contribution is 6.08. The van der Waals surface area contributed by atoms with E-state index in [1.165, 1.54) is 0 Å². The van der Waals surface area contributed by atoms with E-state index in [-0.39, 0.29) is 11.8 Å². The Morgan fingerprint density at radius 3 is 2.65 bits per heavy atom. The van der Waals surface area contributed by atoms with Crippen molar-refractivity contribution in [3.05, 3.63) is 65.2 Å². The molecule has 0 unspecified atom stereocenters. The molecule has 2 aromatic rings. The Morgan fingerprint density at radius 2 is 1.85 bits per heavy atom. The quantitative estimate of drug-likeness (QED) is 0.837. The van der Waals surface area contributed by atoms with Crippen molar-refractivity contribution in [2.45, 2.75) is 31.6 Å². The molecule has 0 aliphatic carbocycles. The highest BCUT2D eigenvalue weighted by atomic mass is 16.2. The van der Waals surface area contributed by atoms with Gasteiger partial charge in [0, 0.05) is 25.8 Å². The molecule has 1 saturated heterocycles. The number of carbonyl (C=O) groups excluding carboxylic acids is 2. The first kappa shape index (κ1) is 16.8. The van der Waals surface area contributed by atoms with Gasteiger partial charge in [0.25, 0.3) is 0 Å². The molecular weight excluding hydrogens is 324 g/mol. The van der Waals surface area contributed by atoms with Crippen LogP contribution in [-0.4, -0.2) is 36.9 Å². The van der Waals surface area contributed by atoms with Gasteiger partial charge >= 0.3 is 0 Å². The first-order chi connectivity index (χ1) is 12.5. The first-order valence-electron chi connectivity index (χ1n) is 9.23. The summed E-state index contributed by atoms with van der Waals surface area (Å²) in [6.07, 6.45) is 2.06. The third-order valence-corrected chi connectivity index (χ3v) is 5.94. The van der Waals surface area contributed by atoms with Gasteiger partial charge in [-0.15, -0.1) is 0 Å². The van der Waals surface area contributed by atoms with Gasteiger partial charge in [-0.3, -0.25) is 9.59 Å². The molecule has 2 amide bonds. The highest BCUT2D eigenvalue weighted by Crippen LogP contribution is 2.46. The van der Waals surface area contributed by atoms with Crippen LogP contribution in [0.15, 0.2) is 48.5 Å². The van der Waals surface area contributed by atoms with Crippen molar-refractivity contribution in [3.8, 4) is 0 Å². The van der Waals surface area contributed by atoms with Crippen LogP contribution >= 0.6 is 0 Å². The van der Waals surface area contributed by atoms with E-state index in [0.717, 1.165) is 41.8 Å². The average molecular weight is 348 g/mol. The van der Waals surface area contributed by atoms with Gasteiger partial charge in [-0.1, -0.05) is 42.5 Å². The SMILES string of the molecule is Cc1ccccc1CC(=O)N1CCC[C@]2(C1)C(=O)N(C)c1ccccc12. The lowest BCUT2D eigenvalue weighted by atomic mass is 9.75. The zero-order valence-corrected chi connectivity index (χ0v) is 15.4. The molecule has 0 N–H and O–H groups in total. The van der Waals surface area contributed by atoms with Crippen LogP contribution in [0, 0.1) is 6.92 Å². The number of likely N-dealkylation sites (tertiary alicyclic amines) is 1. The summed E-state index contributed by atoms with van der Waals surface area (Å²) in [6, 6.07) is 16.0. The lowest BCUT2D eigenvalue weighted by Gasteiger charge is -2.39. The number of hydrogen-bond acceptors (Lipinski definition) is 2. The van der Waals surface area contributed by atoms with E-state index in [1.54, 1.807) is 4.90 Å². The zero-order valence-electron chi connectivity index (χ0n) is 15.4. The minimum Gasteiger partial charge on any atom is -0.341 e. The van der Waals surface area contributed by atoms with Gasteiger partial charge in [-0.05, 0) is 42.5 Å². The topological polar surface area (TPSA) is 40.6 Å². The van der Waals surface area contributed by atoms with E-state index in [1.807, 2.05) is 67.4 Å². The summed E-state index contributed by atoms with van der Waals surface area (Å²) in [7, 11) is 1.84. The van der Waals surface area contributed by atoms with Crippen molar-refractivity contribution in [2.75, 3.05) is 25.0 Å². The van der Waals surface area contributed by atoms with Crippen molar-refractivity contribution < 1.29 is 9.59 Å². The minimum atomic E-state index is -0.578. The zero-order chi connectivity index (χ0) is 18.3. The number of aryl methyl sites for hydroxylation is 1. The number of benzene rings is 2. The van der Waals surface area contributed by atoms with Crippen LogP contribution in [0.4, 0.5) is 5.69 Å². The van der Waals surface area contributed by atoms with Crippen LogP contribution in [0.2, 0.25) is 0 Å². The second-order valence-electron chi connectivity index (χ2n) is 7.49. The third kappa shape index (κ3) is 2.52. The molecule has 2 aliphatic heterocycles. The van der Waals surface area contributed by atoms with E-state index in [0.29, 0.717) is 13.0 Å². The van der Waals surface area contributed by atoms with Crippen molar-refractivity contribution >= 4 is 17.5 Å². The summed E-state index contributed by atoms with van der Waals surface area (Å²) in [4.78, 5) is 29.7. The molecule has 1 spiro atoms. The van der Waals surface area contributed by atoms with Crippen LogP contribution in [-0.2, 0) is 21.4 Å². The normalized spacial score (nSPS) is 22.0. The molecule has 134 valence electrons. The Balaban J connectivity index is 1.61. The Bertz CT molecular complexity index is 876. The number of piperidine rings is 1. The molecule has 4 nitrogen and oxygen atoms in total. The molecule has 2 aromatic carbocycles. The number of amides is 2. The van der Waals surface area contributed by atoms with Gasteiger partial charge in [0.2, 0.25) is 11.8 Å². The maximum Gasteiger partial charge on any atom is 0.239 e. The molecule has 1 atom stereocenters. The van der Waals surface area contributed by atoms with E-state index >= 15 is 0 Å². The molecule has 26 heavy (non-hydrogen) atoms. The second kappa shape index (κ2) is 6.27. The van der Waals surface area contributed by atoms with Crippen LogP contribution in [0.3, 0.4) is 0 Å². The largest absolute Gasteiger partial charge is 0.341 e. The van der Waals surface area contributed by atoms with Gasteiger partial charge in [0.05, 0.1) is 11.8 Å². The maximum atomic E-state index is 13.1. The summed E-state index contributed by atoms with van der Waals surface area (Å²) in [5.41, 5.74) is 3.67. The molecule has 4 rings (SSSR count). The Kier molecular flexibility index (Phi) is 4.06. The predicted octanol–water partition coefficient (Wildman–Crippen LogP) is 3.07. The van der Waals surface area contributed by atoms with E-state index < -0.39 is 5.41 Å². The smallest absolute Gasteiger partial charge is 0.239 e. The number of rotatable bonds is 2. The van der Waals surface area contributed by atoms with E-state index in [4.69, 9.17) is 0 Å². The van der Waals surface area contributed by atoms with Crippen molar-refractivity contribution in [1.29, 1.82) is 0 Å². The third-order valence-electron chi connectivity index (χ3n) is 5.94. The van der Waals surface area contributed by atoms with Gasteiger partial charge in [0.15, 0.2) is 0 Å². The van der Waals surface area contributed by atoms with E-state index in [9.17, 15) is 9.59 Å². The molecule has 0 radical (unpaired) electrons. The van der Waals surface area contributed by atoms with Crippen LogP contribution in [0.1, 0.15) is 29.5 Å². The van der Waals surface area contributed by atoms with Crippen molar-refractivity contribution in [2.24, 2.45) is 0 Å². The van der Waals surface area contributed by atoms with E-state index in [2.05, 4.69) is 0 Å². The predicted molar refractivity (Wildman–Crippen MR) is 102 cm³/mol. The first-order valence-corrected chi connectivity index (χ1v) is 9.23. The molecular formula is C22H24N2O2. The van der Waals surface area contributed by atoms with Crippen molar-refractivity contribution in [1.82, 2.24) is 4.90 Å². The Labute approximate surface area is 154 Å². The lowest BCUT2D eigenvalue weighted by molar-refractivity contribution is -0.135. The number of para-hydroxylation sites is 1. The summed E-state index contributed by atoms with van der Waals surface area (Å²) in [5, 5.41) is 0. The number of anilines is 1. The second-order valence-corrected chi connectivity index (χ2v) is 7.49. The van der Waals surface area contributed by atoms with Crippen LogP contribution < -0.4 is 4.90 Å². The highest BCUT2D eigenvalue weighted by Gasteiger charge is 2.52. The summed E-state index contributed by atoms with van der Waals surface area (Å²) >= 11 is 0. The van der Waals surface area contributed by atoms with Crippen LogP contribution in [0.5, 0.6) is 0 Å². The fourth-order valence-corrected chi connectivity index (χ4v) is 4.46. The molecule has 0 saturated carbocycles. The van der Waals surface area contributed by atoms with Gasteiger partial charge in [0.1, 0.15) is 0 Å². The molecule has 0 aromatic heterocycles. The fourth-order valence-electron chi connectivity index (χ4n) is 4.46. The summed E-state index contributed by atoms with van der Waals surface area (Å²) < 4.78 is 0. The maximum absolute atomic E-state index is 13.1. The minimum absolute atomic E-state index is 0.109. The number of likely N-dealkylation sites (N-methyl/N-ethyl adjacent to an activating group) is 1. The van der Waals surface area contributed by atoms with Crippen molar-refractivity contribution in [3.63, 3.8) is 0 Å². The Morgan fingerprint density at radius 1 is 1.12 bits per heavy atom. The van der Waals surface area contributed by atoms with Gasteiger partial charge in [-0.25, -0.2) is 0 Å². The Hall–Kier alpha value is -2.62. The standard InChI is InChI=1S/C22H24N2O2/c1-16-8-3-4-9-17(16)14-20(25)24-13-7-12-22(15-24)18-10-5-6-11-19(18)23(2)21(22)26/h3-6,8-11H,7,12-15H2,1-2H3/t22-/m1/s1. The monoisotopic (exact) mass is 348 g/mol. The molecule has 2 aliphatic rings. The lowest BCUT2D eigenvalue weighted by Crippen LogP contribution is -2.53. The fraction of sp³-hybridized carbons (Fsp3) is 0.364. The summed E-state index contributed by atoms with van der Waals surface area (Å²) in [6.45, 7) is 3.25. The van der Waals surface area contributed by atoms with Gasteiger partial charge < -0.3 is 9.80 Å². The number of hydrogen-bond donors (Lipinski definition) is 0. The number of nitrogens with zero attached hydrogens (tertiary/aromatic N) is 2. The van der Waals surface area contributed by atoms with Crippen LogP contribution in [0.25, 0.3) is 0 Å². The number of fused-ring (bicyclic) bond motifs is 2. The number of carbonyl (C=O) groups is 2. The van der Waals surface area contributed by atoms with Gasteiger partial charge in [-0.2, -0.15) is 0 Å². The molecule has 1 fully saturated rings.